The number of nitrogens with zero attached hydrogens (tertiary/aromatic N) is 1. The van der Waals surface area contributed by atoms with Gasteiger partial charge in [-0.3, -0.25) is 9.59 Å². The predicted octanol–water partition coefficient (Wildman–Crippen LogP) is 4.72. The van der Waals surface area contributed by atoms with Gasteiger partial charge in [-0.25, -0.2) is 0 Å². The number of amides is 2. The third-order valence-corrected chi connectivity index (χ3v) is 5.14. The highest BCUT2D eigenvalue weighted by atomic mass is 79.9. The van der Waals surface area contributed by atoms with E-state index in [1.165, 1.54) is 0 Å². The van der Waals surface area contributed by atoms with E-state index >= 15 is 0 Å². The smallest absolute Gasteiger partial charge is 0.243 e. The van der Waals surface area contributed by atoms with Crippen LogP contribution in [-0.2, 0) is 22.6 Å². The summed E-state index contributed by atoms with van der Waals surface area (Å²) in [4.78, 5) is 27.5. The monoisotopic (exact) mass is 444 g/mol. The molecule has 2 aromatic rings. The third-order valence-electron chi connectivity index (χ3n) is 4.65. The minimum Gasteiger partial charge on any atom is -0.354 e. The molecule has 1 unspecified atom stereocenters. The van der Waals surface area contributed by atoms with Crippen LogP contribution in [0.25, 0.3) is 0 Å². The summed E-state index contributed by atoms with van der Waals surface area (Å²) in [6, 6.07) is 17.2. The fourth-order valence-electron chi connectivity index (χ4n) is 3.10. The van der Waals surface area contributed by atoms with Gasteiger partial charge in [-0.15, -0.1) is 0 Å². The van der Waals surface area contributed by atoms with Crippen LogP contribution in [0.1, 0.15) is 44.2 Å². The molecular weight excluding hydrogens is 416 g/mol. The number of halogens is 1. The second-order valence-electron chi connectivity index (χ2n) is 6.86. The molecule has 4 nitrogen and oxygen atoms in total. The Morgan fingerprint density at radius 2 is 1.75 bits per heavy atom. The first-order valence-electron chi connectivity index (χ1n) is 9.90. The van der Waals surface area contributed by atoms with Gasteiger partial charge >= 0.3 is 0 Å². The molecule has 2 amide bonds. The van der Waals surface area contributed by atoms with Crippen LogP contribution in [0.2, 0.25) is 0 Å². The van der Waals surface area contributed by atoms with Crippen molar-refractivity contribution in [2.45, 2.75) is 52.1 Å². The highest BCUT2D eigenvalue weighted by Crippen LogP contribution is 2.18. The zero-order valence-corrected chi connectivity index (χ0v) is 18.2. The van der Waals surface area contributed by atoms with Crippen LogP contribution in [0.3, 0.4) is 0 Å². The maximum absolute atomic E-state index is 13.0. The molecule has 2 rings (SSSR count). The van der Waals surface area contributed by atoms with Crippen LogP contribution in [0, 0.1) is 0 Å². The molecule has 2 aromatic carbocycles. The molecule has 0 aliphatic carbocycles. The van der Waals surface area contributed by atoms with Gasteiger partial charge in [-0.1, -0.05) is 78.7 Å². The lowest BCUT2D eigenvalue weighted by Crippen LogP contribution is -2.50. The Bertz CT molecular complexity index is 764. The molecule has 28 heavy (non-hydrogen) atoms. The molecule has 1 N–H and O–H groups in total. The topological polar surface area (TPSA) is 49.4 Å². The second-order valence-corrected chi connectivity index (χ2v) is 7.77. The number of carbonyl (C=O) groups is 2. The molecule has 0 saturated carbocycles. The van der Waals surface area contributed by atoms with Gasteiger partial charge in [-0.2, -0.15) is 0 Å². The number of unbranched alkanes of at least 4 members (excludes halogenated alkanes) is 1. The maximum atomic E-state index is 13.0. The first-order chi connectivity index (χ1) is 13.5. The number of nitrogens with one attached hydrogen (secondary N) is 1. The van der Waals surface area contributed by atoms with Crippen molar-refractivity contribution in [3.8, 4) is 0 Å². The summed E-state index contributed by atoms with van der Waals surface area (Å²) in [7, 11) is 0. The van der Waals surface area contributed by atoms with E-state index in [9.17, 15) is 9.59 Å². The number of carbonyl (C=O) groups excluding carboxylic acids is 2. The van der Waals surface area contributed by atoms with Gasteiger partial charge in [0.15, 0.2) is 0 Å². The first kappa shape index (κ1) is 22.2. The van der Waals surface area contributed by atoms with E-state index in [4.69, 9.17) is 0 Å². The Morgan fingerprint density at radius 1 is 1.04 bits per heavy atom. The van der Waals surface area contributed by atoms with Gasteiger partial charge in [0.25, 0.3) is 0 Å². The minimum absolute atomic E-state index is 0.0217. The molecule has 0 spiro atoms. The van der Waals surface area contributed by atoms with E-state index in [2.05, 4.69) is 28.2 Å². The van der Waals surface area contributed by atoms with E-state index in [1.54, 1.807) is 4.90 Å². The van der Waals surface area contributed by atoms with Gasteiger partial charge in [-0.05, 0) is 29.7 Å². The second kappa shape index (κ2) is 11.6. The summed E-state index contributed by atoms with van der Waals surface area (Å²) >= 11 is 3.49. The summed E-state index contributed by atoms with van der Waals surface area (Å²) in [6.45, 7) is 4.97. The molecule has 5 heteroatoms. The van der Waals surface area contributed by atoms with E-state index in [-0.39, 0.29) is 11.8 Å². The van der Waals surface area contributed by atoms with Crippen LogP contribution in [0.15, 0.2) is 59.1 Å². The van der Waals surface area contributed by atoms with Crippen molar-refractivity contribution >= 4 is 27.7 Å². The van der Waals surface area contributed by atoms with E-state index in [1.807, 2.05) is 61.5 Å². The normalized spacial score (nSPS) is 11.7. The SMILES string of the molecule is CCCCNC(=O)C(Cc1ccccc1)N(Cc1cccc(Br)c1)C(=O)CC. The Balaban J connectivity index is 2.30. The summed E-state index contributed by atoms with van der Waals surface area (Å²) in [6.07, 6.45) is 2.80. The molecule has 0 saturated heterocycles. The highest BCUT2D eigenvalue weighted by Gasteiger charge is 2.29. The fraction of sp³-hybridized carbons (Fsp3) is 0.391. The number of hydrogen-bond donors (Lipinski definition) is 1. The summed E-state index contributed by atoms with van der Waals surface area (Å²) < 4.78 is 0.959. The van der Waals surface area contributed by atoms with Crippen molar-refractivity contribution in [2.24, 2.45) is 0 Å². The lowest BCUT2D eigenvalue weighted by atomic mass is 10.0. The fourth-order valence-corrected chi connectivity index (χ4v) is 3.54. The summed E-state index contributed by atoms with van der Waals surface area (Å²) in [5.41, 5.74) is 2.04. The van der Waals surface area contributed by atoms with Crippen molar-refractivity contribution in [2.75, 3.05) is 6.54 Å². The molecule has 0 aliphatic rings. The Morgan fingerprint density at radius 3 is 2.39 bits per heavy atom. The van der Waals surface area contributed by atoms with Crippen molar-refractivity contribution in [3.63, 3.8) is 0 Å². The maximum Gasteiger partial charge on any atom is 0.243 e. The molecular formula is C23H29BrN2O2. The Labute approximate surface area is 176 Å². The van der Waals surface area contributed by atoms with E-state index < -0.39 is 6.04 Å². The van der Waals surface area contributed by atoms with Crippen LogP contribution < -0.4 is 5.32 Å². The Hall–Kier alpha value is -2.14. The highest BCUT2D eigenvalue weighted by molar-refractivity contribution is 9.10. The molecule has 0 fully saturated rings. The summed E-state index contributed by atoms with van der Waals surface area (Å²) in [5, 5.41) is 3.02. The zero-order valence-electron chi connectivity index (χ0n) is 16.7. The number of rotatable bonds is 10. The van der Waals surface area contributed by atoms with Crippen LogP contribution >= 0.6 is 15.9 Å². The van der Waals surface area contributed by atoms with Crippen molar-refractivity contribution in [1.82, 2.24) is 10.2 Å². The summed E-state index contributed by atoms with van der Waals surface area (Å²) in [5.74, 6) is -0.111. The zero-order chi connectivity index (χ0) is 20.4. The van der Waals surface area contributed by atoms with E-state index in [0.29, 0.717) is 25.9 Å². The standard InChI is InChI=1S/C23H29BrN2O2/c1-3-5-14-25-23(28)21(16-18-10-7-6-8-11-18)26(22(27)4-2)17-19-12-9-13-20(24)15-19/h6-13,15,21H,3-5,14,16-17H2,1-2H3,(H,25,28). The molecule has 0 aromatic heterocycles. The predicted molar refractivity (Wildman–Crippen MR) is 117 cm³/mol. The minimum atomic E-state index is -0.536. The van der Waals surface area contributed by atoms with Crippen LogP contribution in [0.5, 0.6) is 0 Å². The lowest BCUT2D eigenvalue weighted by Gasteiger charge is -2.31. The quantitative estimate of drug-likeness (QED) is 0.539. The lowest BCUT2D eigenvalue weighted by molar-refractivity contribution is -0.141. The van der Waals surface area contributed by atoms with E-state index in [0.717, 1.165) is 28.4 Å². The average Bonchev–Trinajstić information content (AvgIpc) is 2.71. The van der Waals surface area contributed by atoms with Crippen molar-refractivity contribution in [1.29, 1.82) is 0 Å². The van der Waals surface area contributed by atoms with Gasteiger partial charge in [0.05, 0.1) is 0 Å². The van der Waals surface area contributed by atoms with Gasteiger partial charge in [0.1, 0.15) is 6.04 Å². The molecule has 0 bridgehead atoms. The van der Waals surface area contributed by atoms with Gasteiger partial charge < -0.3 is 10.2 Å². The van der Waals surface area contributed by atoms with Crippen molar-refractivity contribution in [3.05, 3.63) is 70.2 Å². The molecule has 0 heterocycles. The van der Waals surface area contributed by atoms with Gasteiger partial charge in [0, 0.05) is 30.4 Å². The molecule has 1 atom stereocenters. The van der Waals surface area contributed by atoms with Crippen molar-refractivity contribution < 1.29 is 9.59 Å². The number of hydrogen-bond acceptors (Lipinski definition) is 2. The van der Waals surface area contributed by atoms with Gasteiger partial charge in [0.2, 0.25) is 11.8 Å². The Kier molecular flexibility index (Phi) is 9.21. The molecule has 0 radical (unpaired) electrons. The van der Waals surface area contributed by atoms with Crippen LogP contribution in [-0.4, -0.2) is 29.3 Å². The number of benzene rings is 2. The molecule has 150 valence electrons. The van der Waals surface area contributed by atoms with Crippen LogP contribution in [0.4, 0.5) is 0 Å². The third kappa shape index (κ3) is 6.79. The molecule has 0 aliphatic heterocycles. The average molecular weight is 445 g/mol. The largest absolute Gasteiger partial charge is 0.354 e. The first-order valence-corrected chi connectivity index (χ1v) is 10.7.